The zero-order chi connectivity index (χ0) is 17.3. The van der Waals surface area contributed by atoms with Crippen molar-refractivity contribution in [2.45, 2.75) is 61.4 Å². The maximum absolute atomic E-state index is 9.94. The van der Waals surface area contributed by atoms with Crippen molar-refractivity contribution >= 4 is 0 Å². The lowest BCUT2D eigenvalue weighted by molar-refractivity contribution is -0.355. The van der Waals surface area contributed by atoms with Crippen molar-refractivity contribution in [2.24, 2.45) is 0 Å². The summed E-state index contributed by atoms with van der Waals surface area (Å²) in [5.41, 5.74) is 0. The Bertz CT molecular complexity index is 378. The summed E-state index contributed by atoms with van der Waals surface area (Å²) in [7, 11) is 0. The van der Waals surface area contributed by atoms with Gasteiger partial charge in [0.15, 0.2) is 12.6 Å². The second-order valence-electron chi connectivity index (χ2n) is 5.53. The highest BCUT2D eigenvalue weighted by atomic mass is 16.7. The molecule has 11 nitrogen and oxygen atoms in total. The lowest BCUT2D eigenvalue weighted by atomic mass is 9.97. The number of rotatable bonds is 4. The normalized spacial score (nSPS) is 51.7. The Balaban J connectivity index is 2.11. The molecular formula is C12H22O11. The highest BCUT2D eigenvalue weighted by Gasteiger charge is 2.50. The minimum absolute atomic E-state index is 0.667. The zero-order valence-electron chi connectivity index (χ0n) is 12.0. The van der Waals surface area contributed by atoms with Crippen LogP contribution in [-0.4, -0.2) is 115 Å². The molecule has 2 aliphatic heterocycles. The average Bonchev–Trinajstić information content (AvgIpc) is 2.55. The number of hydrogen-bond donors (Lipinski definition) is 8. The van der Waals surface area contributed by atoms with Crippen LogP contribution in [0.5, 0.6) is 0 Å². The summed E-state index contributed by atoms with van der Waals surface area (Å²) < 4.78 is 15.3. The van der Waals surface area contributed by atoms with E-state index in [0.717, 1.165) is 0 Å². The summed E-state index contributed by atoms with van der Waals surface area (Å²) in [5, 5.41) is 76.5. The van der Waals surface area contributed by atoms with Crippen LogP contribution >= 0.6 is 0 Å². The van der Waals surface area contributed by atoms with Gasteiger partial charge in [-0.15, -0.1) is 0 Å². The molecule has 11 heteroatoms. The molecule has 2 heterocycles. The summed E-state index contributed by atoms with van der Waals surface area (Å²) >= 11 is 0. The molecule has 2 rings (SSSR count). The maximum Gasteiger partial charge on any atom is 0.187 e. The van der Waals surface area contributed by atoms with E-state index in [1.165, 1.54) is 0 Å². The molecule has 0 bridgehead atoms. The van der Waals surface area contributed by atoms with Gasteiger partial charge in [-0.25, -0.2) is 0 Å². The van der Waals surface area contributed by atoms with Gasteiger partial charge in [0.25, 0.3) is 0 Å². The lowest BCUT2D eigenvalue weighted by Gasteiger charge is -2.45. The van der Waals surface area contributed by atoms with Crippen molar-refractivity contribution in [1.29, 1.82) is 0 Å². The molecule has 2 saturated heterocycles. The first-order chi connectivity index (χ1) is 10.8. The summed E-state index contributed by atoms with van der Waals surface area (Å²) in [4.78, 5) is 0. The molecule has 0 aromatic heterocycles. The van der Waals surface area contributed by atoms with E-state index in [-0.39, 0.29) is 0 Å². The minimum Gasteiger partial charge on any atom is -0.394 e. The van der Waals surface area contributed by atoms with Gasteiger partial charge >= 0.3 is 0 Å². The third-order valence-electron chi connectivity index (χ3n) is 3.98. The smallest absolute Gasteiger partial charge is 0.187 e. The van der Waals surface area contributed by atoms with E-state index >= 15 is 0 Å². The van der Waals surface area contributed by atoms with Crippen LogP contribution in [0.4, 0.5) is 0 Å². The van der Waals surface area contributed by atoms with Crippen molar-refractivity contribution in [3.63, 3.8) is 0 Å². The van der Waals surface area contributed by atoms with Gasteiger partial charge in [0.2, 0.25) is 0 Å². The molecule has 0 saturated carbocycles. The Labute approximate surface area is 130 Å². The van der Waals surface area contributed by atoms with Gasteiger partial charge in [-0.3, -0.25) is 0 Å². The van der Waals surface area contributed by atoms with E-state index in [0.29, 0.717) is 0 Å². The van der Waals surface area contributed by atoms with Crippen LogP contribution in [0.3, 0.4) is 0 Å². The van der Waals surface area contributed by atoms with E-state index in [1.807, 2.05) is 0 Å². The molecule has 8 N–H and O–H groups in total. The first kappa shape index (κ1) is 18.9. The Morgan fingerprint density at radius 2 is 1.26 bits per heavy atom. The number of aliphatic hydroxyl groups excluding tert-OH is 8. The van der Waals surface area contributed by atoms with Crippen molar-refractivity contribution in [2.75, 3.05) is 13.2 Å². The van der Waals surface area contributed by atoms with Crippen LogP contribution in [0, 0.1) is 0 Å². The van der Waals surface area contributed by atoms with Crippen molar-refractivity contribution in [1.82, 2.24) is 0 Å². The fourth-order valence-electron chi connectivity index (χ4n) is 2.57. The topological polar surface area (TPSA) is 190 Å². The van der Waals surface area contributed by atoms with Gasteiger partial charge in [0.05, 0.1) is 13.2 Å². The second kappa shape index (κ2) is 7.63. The van der Waals surface area contributed by atoms with Crippen LogP contribution in [0.15, 0.2) is 0 Å². The number of aliphatic hydroxyl groups is 8. The third-order valence-corrected chi connectivity index (χ3v) is 3.98. The van der Waals surface area contributed by atoms with Gasteiger partial charge in [-0.1, -0.05) is 0 Å². The van der Waals surface area contributed by atoms with E-state index in [2.05, 4.69) is 0 Å². The molecule has 2 aliphatic rings. The predicted octanol–water partition coefficient (Wildman–Crippen LogP) is -5.40. The van der Waals surface area contributed by atoms with Crippen LogP contribution in [0.2, 0.25) is 0 Å². The van der Waals surface area contributed by atoms with Crippen LogP contribution in [0.25, 0.3) is 0 Å². The monoisotopic (exact) mass is 342 g/mol. The maximum atomic E-state index is 9.94. The number of ether oxygens (including phenoxy) is 3. The Kier molecular flexibility index (Phi) is 6.27. The fraction of sp³-hybridized carbons (Fsp3) is 1.00. The van der Waals surface area contributed by atoms with Crippen LogP contribution in [-0.2, 0) is 14.2 Å². The van der Waals surface area contributed by atoms with E-state index in [9.17, 15) is 35.7 Å². The Hall–Kier alpha value is -0.440. The molecule has 0 amide bonds. The van der Waals surface area contributed by atoms with E-state index < -0.39 is 74.6 Å². The molecule has 0 aliphatic carbocycles. The zero-order valence-corrected chi connectivity index (χ0v) is 12.0. The summed E-state index contributed by atoms with van der Waals surface area (Å²) in [6, 6.07) is 0. The molecule has 10 atom stereocenters. The quantitative estimate of drug-likeness (QED) is 0.243. The lowest BCUT2D eigenvalue weighted by Crippen LogP contribution is -2.64. The highest BCUT2D eigenvalue weighted by Crippen LogP contribution is 2.28. The molecule has 0 spiro atoms. The summed E-state index contributed by atoms with van der Waals surface area (Å²) in [6.45, 7) is -1.35. The molecule has 23 heavy (non-hydrogen) atoms. The highest BCUT2D eigenvalue weighted by molar-refractivity contribution is 4.93. The van der Waals surface area contributed by atoms with Crippen molar-refractivity contribution in [3.05, 3.63) is 0 Å². The van der Waals surface area contributed by atoms with Gasteiger partial charge in [0.1, 0.15) is 48.8 Å². The van der Waals surface area contributed by atoms with Gasteiger partial charge in [-0.2, -0.15) is 0 Å². The SMILES string of the molecule is OC[C@H]1O[C@H](O[C@H]2[C@H](O)[C@@H](O)[C@@H](O)O[C@@H]2CO)[C@H](O)[C@H](O)[C@@H]1O. The molecule has 0 radical (unpaired) electrons. The molecule has 0 aromatic rings. The molecule has 0 aromatic carbocycles. The number of hydrogen-bond acceptors (Lipinski definition) is 11. The Morgan fingerprint density at radius 3 is 1.83 bits per heavy atom. The van der Waals surface area contributed by atoms with Gasteiger partial charge < -0.3 is 55.1 Å². The van der Waals surface area contributed by atoms with Crippen molar-refractivity contribution < 1.29 is 55.1 Å². The third kappa shape index (κ3) is 3.65. The largest absolute Gasteiger partial charge is 0.394 e. The molecule has 136 valence electrons. The Morgan fingerprint density at radius 1 is 0.652 bits per heavy atom. The predicted molar refractivity (Wildman–Crippen MR) is 68.6 cm³/mol. The van der Waals surface area contributed by atoms with Crippen molar-refractivity contribution in [3.8, 4) is 0 Å². The second-order valence-corrected chi connectivity index (χ2v) is 5.53. The first-order valence-corrected chi connectivity index (χ1v) is 7.08. The van der Waals surface area contributed by atoms with Crippen LogP contribution < -0.4 is 0 Å². The molecular weight excluding hydrogens is 320 g/mol. The van der Waals surface area contributed by atoms with Gasteiger partial charge in [0, 0.05) is 0 Å². The van der Waals surface area contributed by atoms with E-state index in [4.69, 9.17) is 19.3 Å². The van der Waals surface area contributed by atoms with Gasteiger partial charge in [-0.05, 0) is 0 Å². The molecule has 0 unspecified atom stereocenters. The van der Waals surface area contributed by atoms with E-state index in [1.54, 1.807) is 0 Å². The fourth-order valence-corrected chi connectivity index (χ4v) is 2.57. The summed E-state index contributed by atoms with van der Waals surface area (Å²) in [5.74, 6) is 0. The molecule has 2 fully saturated rings. The summed E-state index contributed by atoms with van der Waals surface area (Å²) in [6.07, 6.45) is -15.6. The average molecular weight is 342 g/mol. The first-order valence-electron chi connectivity index (χ1n) is 7.08. The minimum atomic E-state index is -1.74. The standard InChI is InChI=1S/C12H22O11/c13-1-3-5(15)6(16)9(19)12(22-3)23-10-4(2-14)21-11(20)8(18)7(10)17/h3-20H,1-2H2/t3-,4-,5-,6-,7-,8-,9-,10-,11+,12-/m1/s1. The van der Waals surface area contributed by atoms with Crippen LogP contribution in [0.1, 0.15) is 0 Å².